The molecule has 4 rings (SSSR count). The van der Waals surface area contributed by atoms with Crippen LogP contribution in [0.5, 0.6) is 11.5 Å². The highest BCUT2D eigenvalue weighted by molar-refractivity contribution is 5.75. The van der Waals surface area contributed by atoms with Gasteiger partial charge in [0.2, 0.25) is 0 Å². The largest absolute Gasteiger partial charge is 0.497 e. The lowest BCUT2D eigenvalue weighted by Crippen LogP contribution is -1.85. The molecule has 0 unspecified atom stereocenters. The van der Waals surface area contributed by atoms with Gasteiger partial charge in [0.25, 0.3) is 0 Å². The lowest BCUT2D eigenvalue weighted by molar-refractivity contribution is 0.415. The van der Waals surface area contributed by atoms with E-state index in [2.05, 4.69) is 72.8 Å². The highest BCUT2D eigenvalue weighted by Crippen LogP contribution is 2.29. The van der Waals surface area contributed by atoms with E-state index in [4.69, 9.17) is 9.47 Å². The Kier molecular flexibility index (Phi) is 5.11. The molecule has 0 aliphatic rings. The third-order valence-corrected chi connectivity index (χ3v) is 4.93. The summed E-state index contributed by atoms with van der Waals surface area (Å²) in [5, 5.41) is 0. The molecule has 0 fully saturated rings. The molecular weight excluding hydrogens is 344 g/mol. The molecule has 0 atom stereocenters. The first-order valence-electron chi connectivity index (χ1n) is 9.26. The minimum absolute atomic E-state index is 0.869. The van der Waals surface area contributed by atoms with Gasteiger partial charge in [0.15, 0.2) is 0 Å². The predicted molar refractivity (Wildman–Crippen MR) is 116 cm³/mol. The zero-order valence-corrected chi connectivity index (χ0v) is 16.1. The van der Waals surface area contributed by atoms with E-state index < -0.39 is 0 Å². The molecule has 0 aromatic heterocycles. The maximum atomic E-state index is 5.25. The topological polar surface area (TPSA) is 18.5 Å². The fourth-order valence-corrected chi connectivity index (χ4v) is 3.30. The van der Waals surface area contributed by atoms with Crippen LogP contribution >= 0.6 is 0 Å². The van der Waals surface area contributed by atoms with Crippen molar-refractivity contribution in [1.82, 2.24) is 0 Å². The molecule has 0 bridgehead atoms. The first-order chi connectivity index (χ1) is 13.8. The molecule has 138 valence electrons. The van der Waals surface area contributed by atoms with Gasteiger partial charge in [-0.05, 0) is 63.7 Å². The SMILES string of the molecule is COc1ccc(-c2ccc(-c3cccc(-c4ccc(OC)cc4)c3)cc2)cc1. The van der Waals surface area contributed by atoms with Gasteiger partial charge in [-0.2, -0.15) is 0 Å². The highest BCUT2D eigenvalue weighted by Gasteiger charge is 2.04. The predicted octanol–water partition coefficient (Wildman–Crippen LogP) is 6.70. The maximum Gasteiger partial charge on any atom is 0.118 e. The van der Waals surface area contributed by atoms with Gasteiger partial charge >= 0.3 is 0 Å². The first kappa shape index (κ1) is 17.9. The molecule has 2 nitrogen and oxygen atoms in total. The van der Waals surface area contributed by atoms with Gasteiger partial charge in [0, 0.05) is 0 Å². The van der Waals surface area contributed by atoms with E-state index in [0.717, 1.165) is 11.5 Å². The van der Waals surface area contributed by atoms with Crippen LogP contribution in [0.2, 0.25) is 0 Å². The van der Waals surface area contributed by atoms with Crippen molar-refractivity contribution in [3.63, 3.8) is 0 Å². The Hall–Kier alpha value is -3.52. The minimum Gasteiger partial charge on any atom is -0.497 e. The van der Waals surface area contributed by atoms with Crippen molar-refractivity contribution >= 4 is 0 Å². The summed E-state index contributed by atoms with van der Waals surface area (Å²) in [7, 11) is 3.37. The first-order valence-corrected chi connectivity index (χ1v) is 9.26. The van der Waals surface area contributed by atoms with E-state index in [1.807, 2.05) is 24.3 Å². The number of ether oxygens (including phenoxy) is 2. The highest BCUT2D eigenvalue weighted by atomic mass is 16.5. The smallest absolute Gasteiger partial charge is 0.118 e. The third-order valence-electron chi connectivity index (χ3n) is 4.93. The van der Waals surface area contributed by atoms with Crippen LogP contribution in [0, 0.1) is 0 Å². The zero-order chi connectivity index (χ0) is 19.3. The number of methoxy groups -OCH3 is 2. The monoisotopic (exact) mass is 366 g/mol. The maximum absolute atomic E-state index is 5.25. The second-order valence-electron chi connectivity index (χ2n) is 6.62. The van der Waals surface area contributed by atoms with E-state index in [0.29, 0.717) is 0 Å². The minimum atomic E-state index is 0.869. The summed E-state index contributed by atoms with van der Waals surface area (Å²) in [6.45, 7) is 0. The molecule has 0 radical (unpaired) electrons. The van der Waals surface area contributed by atoms with Crippen LogP contribution in [-0.2, 0) is 0 Å². The zero-order valence-electron chi connectivity index (χ0n) is 16.1. The van der Waals surface area contributed by atoms with E-state index in [9.17, 15) is 0 Å². The van der Waals surface area contributed by atoms with Crippen LogP contribution < -0.4 is 9.47 Å². The van der Waals surface area contributed by atoms with Gasteiger partial charge < -0.3 is 9.47 Å². The average molecular weight is 366 g/mol. The molecule has 0 spiro atoms. The third kappa shape index (κ3) is 3.77. The molecule has 2 heteroatoms. The van der Waals surface area contributed by atoms with Crippen LogP contribution in [0.3, 0.4) is 0 Å². The van der Waals surface area contributed by atoms with Crippen LogP contribution in [0.1, 0.15) is 0 Å². The molecule has 0 aliphatic carbocycles. The van der Waals surface area contributed by atoms with Crippen LogP contribution in [0.4, 0.5) is 0 Å². The second-order valence-corrected chi connectivity index (χ2v) is 6.62. The molecule has 0 amide bonds. The molecule has 0 aliphatic heterocycles. The van der Waals surface area contributed by atoms with Crippen molar-refractivity contribution in [2.24, 2.45) is 0 Å². The number of hydrogen-bond donors (Lipinski definition) is 0. The van der Waals surface area contributed by atoms with Crippen molar-refractivity contribution in [3.05, 3.63) is 97.1 Å². The molecule has 4 aromatic carbocycles. The van der Waals surface area contributed by atoms with Gasteiger partial charge in [0.1, 0.15) is 11.5 Å². The summed E-state index contributed by atoms with van der Waals surface area (Å²) < 4.78 is 10.5. The van der Waals surface area contributed by atoms with Crippen LogP contribution in [0.25, 0.3) is 33.4 Å². The fourth-order valence-electron chi connectivity index (χ4n) is 3.30. The van der Waals surface area contributed by atoms with E-state index in [1.54, 1.807) is 14.2 Å². The van der Waals surface area contributed by atoms with Crippen LogP contribution in [0.15, 0.2) is 97.1 Å². The molecule has 0 heterocycles. The van der Waals surface area contributed by atoms with E-state index in [-0.39, 0.29) is 0 Å². The van der Waals surface area contributed by atoms with Crippen molar-refractivity contribution in [1.29, 1.82) is 0 Å². The standard InChI is InChI=1S/C26H22O2/c1-27-25-14-10-20(11-15-25)19-6-8-21(9-7-19)23-4-3-5-24(18-23)22-12-16-26(28-2)17-13-22/h3-18H,1-2H3. The number of rotatable bonds is 5. The molecule has 0 N–H and O–H groups in total. The van der Waals surface area contributed by atoms with Crippen LogP contribution in [-0.4, -0.2) is 14.2 Å². The summed E-state index contributed by atoms with van der Waals surface area (Å²) in [6.07, 6.45) is 0. The van der Waals surface area contributed by atoms with E-state index >= 15 is 0 Å². The van der Waals surface area contributed by atoms with Crippen molar-refractivity contribution in [2.45, 2.75) is 0 Å². The Bertz CT molecular complexity index is 1050. The number of benzene rings is 4. The van der Waals surface area contributed by atoms with Gasteiger partial charge in [0.05, 0.1) is 14.2 Å². The molecule has 0 saturated carbocycles. The van der Waals surface area contributed by atoms with Gasteiger partial charge in [-0.1, -0.05) is 66.7 Å². The Morgan fingerprint density at radius 3 is 1.07 bits per heavy atom. The van der Waals surface area contributed by atoms with Crippen molar-refractivity contribution < 1.29 is 9.47 Å². The summed E-state index contributed by atoms with van der Waals surface area (Å²) in [4.78, 5) is 0. The average Bonchev–Trinajstić information content (AvgIpc) is 2.79. The number of hydrogen-bond acceptors (Lipinski definition) is 2. The Labute approximate surface area is 166 Å². The summed E-state index contributed by atoms with van der Waals surface area (Å²) >= 11 is 0. The molecule has 4 aromatic rings. The lowest BCUT2D eigenvalue weighted by Gasteiger charge is -2.09. The van der Waals surface area contributed by atoms with Gasteiger partial charge in [-0.25, -0.2) is 0 Å². The van der Waals surface area contributed by atoms with Gasteiger partial charge in [-0.15, -0.1) is 0 Å². The Balaban J connectivity index is 1.60. The molecular formula is C26H22O2. The quantitative estimate of drug-likeness (QED) is 0.391. The van der Waals surface area contributed by atoms with Crippen molar-refractivity contribution in [2.75, 3.05) is 14.2 Å². The second kappa shape index (κ2) is 8.01. The summed E-state index contributed by atoms with van der Waals surface area (Å²) in [6, 6.07) is 33.6. The molecule has 28 heavy (non-hydrogen) atoms. The van der Waals surface area contributed by atoms with Crippen molar-refractivity contribution in [3.8, 4) is 44.9 Å². The Morgan fingerprint density at radius 1 is 0.393 bits per heavy atom. The fraction of sp³-hybridized carbons (Fsp3) is 0.0769. The lowest BCUT2D eigenvalue weighted by atomic mass is 9.97. The molecule has 0 saturated heterocycles. The summed E-state index contributed by atoms with van der Waals surface area (Å²) in [5.74, 6) is 1.74. The summed E-state index contributed by atoms with van der Waals surface area (Å²) in [5.41, 5.74) is 7.15. The van der Waals surface area contributed by atoms with E-state index in [1.165, 1.54) is 33.4 Å². The normalized spacial score (nSPS) is 10.5. The Morgan fingerprint density at radius 2 is 0.714 bits per heavy atom. The van der Waals surface area contributed by atoms with Gasteiger partial charge in [-0.3, -0.25) is 0 Å².